The first-order valence-corrected chi connectivity index (χ1v) is 14.0. The Kier molecular flexibility index (Phi) is 9.40. The van der Waals surface area contributed by atoms with Crippen molar-refractivity contribution >= 4 is 70.4 Å². The number of carbonyl (C=O) groups is 4. The molecule has 2 aliphatic heterocycles. The van der Waals surface area contributed by atoms with E-state index in [-0.39, 0.29) is 5.70 Å². The van der Waals surface area contributed by atoms with Crippen LogP contribution >= 0.6 is 46.6 Å². The van der Waals surface area contributed by atoms with Crippen molar-refractivity contribution in [2.45, 2.75) is 27.7 Å². The maximum absolute atomic E-state index is 13.3. The number of halogens is 3. The molecule has 1 saturated heterocycles. The second-order valence-corrected chi connectivity index (χ2v) is 12.5. The third kappa shape index (κ3) is 6.95. The fourth-order valence-electron chi connectivity index (χ4n) is 4.30. The van der Waals surface area contributed by atoms with Gasteiger partial charge >= 0.3 is 12.1 Å². The number of nitrogens with one attached hydrogen (secondary N) is 2. The van der Waals surface area contributed by atoms with E-state index in [0.717, 1.165) is 5.56 Å². The lowest BCUT2D eigenvalue weighted by Gasteiger charge is -2.49. The summed E-state index contributed by atoms with van der Waals surface area (Å²) >= 11 is 18.2. The van der Waals surface area contributed by atoms with Crippen molar-refractivity contribution < 1.29 is 33.8 Å². The standard InChI is InChI=1S/C26H24Cl3N3O7S/c1-38-17-9-7-14(8-10-17)11-16-12-40-23-19(22(34)32(23)20(16)24(35)36)30-21(33)18(15-5-3-2-4-6-15)31-25(37)39-13-26(27,28)29/h2-10,18-19,23H,11-13H2,1H3,(H,30,33)(H,31,37)(H,35,36)/t18-,19+,23-/m0/s1. The molecular formula is C26H24Cl3N3O7S. The predicted molar refractivity (Wildman–Crippen MR) is 150 cm³/mol. The summed E-state index contributed by atoms with van der Waals surface area (Å²) in [4.78, 5) is 52.2. The molecule has 0 bridgehead atoms. The molecule has 3 atom stereocenters. The lowest BCUT2D eigenvalue weighted by atomic mass is 9.98. The summed E-state index contributed by atoms with van der Waals surface area (Å²) in [5.74, 6) is -1.47. The quantitative estimate of drug-likeness (QED) is 0.282. The van der Waals surface area contributed by atoms with Crippen molar-refractivity contribution in [3.05, 3.63) is 77.0 Å². The molecule has 0 spiro atoms. The molecule has 212 valence electrons. The Morgan fingerprint density at radius 2 is 1.80 bits per heavy atom. The van der Waals surface area contributed by atoms with Gasteiger partial charge in [0, 0.05) is 5.75 Å². The molecule has 0 unspecified atom stereocenters. The Morgan fingerprint density at radius 1 is 1.12 bits per heavy atom. The number of ether oxygens (including phenoxy) is 2. The normalized spacial score (nSPS) is 19.2. The zero-order valence-corrected chi connectivity index (χ0v) is 24.0. The Morgan fingerprint density at radius 3 is 2.40 bits per heavy atom. The van der Waals surface area contributed by atoms with Gasteiger partial charge in [0.2, 0.25) is 9.70 Å². The van der Waals surface area contributed by atoms with E-state index in [0.29, 0.717) is 29.1 Å². The monoisotopic (exact) mass is 627 g/mol. The number of carboxylic acid groups (broad SMARTS) is 1. The van der Waals surface area contributed by atoms with E-state index in [1.807, 2.05) is 12.1 Å². The molecule has 40 heavy (non-hydrogen) atoms. The summed E-state index contributed by atoms with van der Waals surface area (Å²) in [5, 5.41) is 14.4. The van der Waals surface area contributed by atoms with Crippen LogP contribution in [0.15, 0.2) is 65.9 Å². The maximum Gasteiger partial charge on any atom is 0.408 e. The van der Waals surface area contributed by atoms with Gasteiger partial charge in [-0.15, -0.1) is 11.8 Å². The Hall–Kier alpha value is -3.12. The highest BCUT2D eigenvalue weighted by molar-refractivity contribution is 8.00. The van der Waals surface area contributed by atoms with Crippen molar-refractivity contribution in [2.75, 3.05) is 19.5 Å². The molecule has 3 amide bonds. The molecule has 2 heterocycles. The summed E-state index contributed by atoms with van der Waals surface area (Å²) in [7, 11) is 1.55. The molecule has 2 aromatic carbocycles. The summed E-state index contributed by atoms with van der Waals surface area (Å²) in [5.41, 5.74) is 1.77. The lowest BCUT2D eigenvalue weighted by molar-refractivity contribution is -0.151. The van der Waals surface area contributed by atoms with Crippen LogP contribution in [0.25, 0.3) is 0 Å². The van der Waals surface area contributed by atoms with Gasteiger partial charge in [0.05, 0.1) is 7.11 Å². The number of aliphatic carboxylic acids is 1. The molecule has 1 fully saturated rings. The average Bonchev–Trinajstić information content (AvgIpc) is 2.93. The minimum absolute atomic E-state index is 0.0944. The number of alkyl halides is 3. The molecule has 2 aliphatic rings. The van der Waals surface area contributed by atoms with Crippen LogP contribution in [0.2, 0.25) is 0 Å². The minimum Gasteiger partial charge on any atom is -0.497 e. The van der Waals surface area contributed by atoms with E-state index in [1.165, 1.54) is 16.7 Å². The van der Waals surface area contributed by atoms with Crippen molar-refractivity contribution in [1.82, 2.24) is 15.5 Å². The van der Waals surface area contributed by atoms with Crippen LogP contribution < -0.4 is 15.4 Å². The van der Waals surface area contributed by atoms with Gasteiger partial charge in [-0.2, -0.15) is 0 Å². The third-order valence-corrected chi connectivity index (χ3v) is 7.82. The zero-order valence-electron chi connectivity index (χ0n) is 20.9. The van der Waals surface area contributed by atoms with Crippen molar-refractivity contribution in [1.29, 1.82) is 0 Å². The summed E-state index contributed by atoms with van der Waals surface area (Å²) in [6, 6.07) is 13.3. The minimum atomic E-state index is -1.84. The summed E-state index contributed by atoms with van der Waals surface area (Å²) < 4.78 is 8.21. The van der Waals surface area contributed by atoms with Gasteiger partial charge in [-0.1, -0.05) is 77.3 Å². The number of β-lactam (4-membered cyclic amide) rings is 1. The molecule has 3 N–H and O–H groups in total. The van der Waals surface area contributed by atoms with Gasteiger partial charge < -0.3 is 25.2 Å². The number of rotatable bonds is 9. The van der Waals surface area contributed by atoms with Crippen LogP contribution in [-0.2, 0) is 25.5 Å². The summed E-state index contributed by atoms with van der Waals surface area (Å²) in [6.07, 6.45) is -0.675. The van der Waals surface area contributed by atoms with Crippen LogP contribution in [0.3, 0.4) is 0 Å². The van der Waals surface area contributed by atoms with E-state index >= 15 is 0 Å². The number of hydrogen-bond acceptors (Lipinski definition) is 7. The van der Waals surface area contributed by atoms with E-state index in [1.54, 1.807) is 49.6 Å². The van der Waals surface area contributed by atoms with E-state index in [9.17, 15) is 24.3 Å². The van der Waals surface area contributed by atoms with Crippen LogP contribution in [0.1, 0.15) is 17.2 Å². The first-order valence-electron chi connectivity index (χ1n) is 11.9. The molecule has 2 aromatic rings. The highest BCUT2D eigenvalue weighted by Gasteiger charge is 2.54. The second-order valence-electron chi connectivity index (χ2n) is 8.86. The van der Waals surface area contributed by atoms with E-state index < -0.39 is 51.7 Å². The number of carboxylic acids is 1. The first kappa shape index (κ1) is 29.9. The van der Waals surface area contributed by atoms with Crippen LogP contribution in [0.5, 0.6) is 5.75 Å². The maximum atomic E-state index is 13.3. The SMILES string of the molecule is COc1ccc(CC2=C(C(=O)O)N3C(=O)[C@@H](NC(=O)[C@@H](NC(=O)OCC(Cl)(Cl)Cl)c4ccccc4)[C@@H]3SC2)cc1. The highest BCUT2D eigenvalue weighted by atomic mass is 35.6. The Bertz CT molecular complexity index is 1320. The molecule has 0 saturated carbocycles. The first-order chi connectivity index (χ1) is 19.0. The fraction of sp³-hybridized carbons (Fsp3) is 0.308. The largest absolute Gasteiger partial charge is 0.497 e. The number of hydrogen-bond donors (Lipinski definition) is 3. The molecule has 0 radical (unpaired) electrons. The number of thioether (sulfide) groups is 1. The van der Waals surface area contributed by atoms with Crippen molar-refractivity contribution in [2.24, 2.45) is 0 Å². The number of carbonyl (C=O) groups excluding carboxylic acids is 3. The van der Waals surface area contributed by atoms with Crippen molar-refractivity contribution in [3.8, 4) is 5.75 Å². The van der Waals surface area contributed by atoms with Crippen molar-refractivity contribution in [3.63, 3.8) is 0 Å². The number of amides is 3. The molecule has 14 heteroatoms. The summed E-state index contributed by atoms with van der Waals surface area (Å²) in [6.45, 7) is -0.551. The van der Waals surface area contributed by atoms with Gasteiger partial charge in [0.1, 0.15) is 35.5 Å². The van der Waals surface area contributed by atoms with Gasteiger partial charge in [-0.05, 0) is 35.3 Å². The van der Waals surface area contributed by atoms with Gasteiger partial charge in [0.25, 0.3) is 5.91 Å². The topological polar surface area (TPSA) is 134 Å². The predicted octanol–water partition coefficient (Wildman–Crippen LogP) is 3.81. The zero-order chi connectivity index (χ0) is 29.0. The molecular weight excluding hydrogens is 605 g/mol. The van der Waals surface area contributed by atoms with Gasteiger partial charge in [-0.3, -0.25) is 14.5 Å². The smallest absolute Gasteiger partial charge is 0.408 e. The highest BCUT2D eigenvalue weighted by Crippen LogP contribution is 2.41. The third-order valence-electron chi connectivity index (χ3n) is 6.15. The van der Waals surface area contributed by atoms with Gasteiger partial charge in [0.15, 0.2) is 0 Å². The van der Waals surface area contributed by atoms with E-state index in [2.05, 4.69) is 10.6 Å². The fourth-order valence-corrected chi connectivity index (χ4v) is 5.81. The average molecular weight is 629 g/mol. The second kappa shape index (κ2) is 12.6. The van der Waals surface area contributed by atoms with Gasteiger partial charge in [-0.25, -0.2) is 9.59 Å². The number of alkyl carbamates (subject to hydrolysis) is 1. The number of nitrogens with zero attached hydrogens (tertiary/aromatic N) is 1. The number of fused-ring (bicyclic) bond motifs is 1. The Balaban J connectivity index is 1.48. The number of methoxy groups -OCH3 is 1. The molecule has 4 rings (SSSR count). The number of benzene rings is 2. The Labute approximate surface area is 248 Å². The lowest BCUT2D eigenvalue weighted by Crippen LogP contribution is -2.71. The van der Waals surface area contributed by atoms with Crippen LogP contribution in [0.4, 0.5) is 4.79 Å². The molecule has 0 aromatic heterocycles. The molecule has 0 aliphatic carbocycles. The molecule has 10 nitrogen and oxygen atoms in total. The van der Waals surface area contributed by atoms with E-state index in [4.69, 9.17) is 44.3 Å². The van der Waals surface area contributed by atoms with Crippen LogP contribution in [-0.4, -0.2) is 68.6 Å². The van der Waals surface area contributed by atoms with Crippen LogP contribution in [0, 0.1) is 0 Å².